The largest absolute Gasteiger partial charge is 0.366 e. The van der Waals surface area contributed by atoms with Crippen LogP contribution in [0.2, 0.25) is 0 Å². The topological polar surface area (TPSA) is 97.4 Å². The zero-order valence-electron chi connectivity index (χ0n) is 19.2. The molecular weight excluding hydrogens is 440 g/mol. The predicted octanol–water partition coefficient (Wildman–Crippen LogP) is 2.99. The van der Waals surface area contributed by atoms with Crippen molar-refractivity contribution >= 4 is 11.8 Å². The molecule has 176 valence electrons. The number of carbonyl (C=O) groups excluding carboxylic acids is 2. The molecule has 35 heavy (non-hydrogen) atoms. The average molecular weight is 467 g/mol. The van der Waals surface area contributed by atoms with Gasteiger partial charge in [-0.2, -0.15) is 0 Å². The van der Waals surface area contributed by atoms with E-state index in [2.05, 4.69) is 15.0 Å². The standard InChI is InChI=1S/C27H26N6O2/c28-24(34)21-13-11-20(12-14-21)19-31-15-17-32(18-16-31)27(35)25-29-26(22-7-3-1-4-8-22)33(30-25)23-9-5-2-6-10-23/h1-14H,15-19H2,(H2,28,34). The van der Waals surface area contributed by atoms with Crippen molar-refractivity contribution in [1.82, 2.24) is 24.6 Å². The highest BCUT2D eigenvalue weighted by atomic mass is 16.2. The molecule has 0 bridgehead atoms. The molecule has 1 aliphatic rings. The number of nitrogens with two attached hydrogens (primary N) is 1. The molecule has 8 nitrogen and oxygen atoms in total. The Morgan fingerprint density at radius 1 is 0.800 bits per heavy atom. The molecular formula is C27H26N6O2. The normalized spacial score (nSPS) is 14.1. The third-order valence-corrected chi connectivity index (χ3v) is 6.14. The van der Waals surface area contributed by atoms with Crippen LogP contribution < -0.4 is 5.73 Å². The van der Waals surface area contributed by atoms with E-state index >= 15 is 0 Å². The molecule has 1 aliphatic heterocycles. The predicted molar refractivity (Wildman–Crippen MR) is 133 cm³/mol. The highest BCUT2D eigenvalue weighted by molar-refractivity contribution is 5.92. The fraction of sp³-hybridized carbons (Fsp3) is 0.185. The summed E-state index contributed by atoms with van der Waals surface area (Å²) >= 11 is 0. The van der Waals surface area contributed by atoms with E-state index in [-0.39, 0.29) is 11.7 Å². The number of hydrogen-bond donors (Lipinski definition) is 1. The molecule has 3 aromatic carbocycles. The summed E-state index contributed by atoms with van der Waals surface area (Å²) in [7, 11) is 0. The van der Waals surface area contributed by atoms with Gasteiger partial charge in [0.15, 0.2) is 5.82 Å². The lowest BCUT2D eigenvalue weighted by Gasteiger charge is -2.34. The van der Waals surface area contributed by atoms with Gasteiger partial charge in [0.05, 0.1) is 5.69 Å². The lowest BCUT2D eigenvalue weighted by molar-refractivity contribution is 0.0616. The van der Waals surface area contributed by atoms with Crippen LogP contribution in [-0.2, 0) is 6.54 Å². The van der Waals surface area contributed by atoms with E-state index in [9.17, 15) is 9.59 Å². The van der Waals surface area contributed by atoms with Crippen LogP contribution in [0.3, 0.4) is 0 Å². The molecule has 0 unspecified atom stereocenters. The van der Waals surface area contributed by atoms with E-state index in [1.165, 1.54) is 0 Å². The molecule has 0 aliphatic carbocycles. The van der Waals surface area contributed by atoms with Gasteiger partial charge in [-0.3, -0.25) is 14.5 Å². The summed E-state index contributed by atoms with van der Waals surface area (Å²) < 4.78 is 1.73. The van der Waals surface area contributed by atoms with Crippen LogP contribution in [0.15, 0.2) is 84.9 Å². The van der Waals surface area contributed by atoms with Gasteiger partial charge in [-0.15, -0.1) is 5.10 Å². The van der Waals surface area contributed by atoms with E-state index in [1.807, 2.05) is 77.7 Å². The Kier molecular flexibility index (Phi) is 6.36. The van der Waals surface area contributed by atoms with Crippen LogP contribution >= 0.6 is 0 Å². The number of primary amides is 1. The maximum Gasteiger partial charge on any atom is 0.293 e. The van der Waals surface area contributed by atoms with Gasteiger partial charge in [-0.05, 0) is 29.8 Å². The first-order valence-electron chi connectivity index (χ1n) is 11.6. The van der Waals surface area contributed by atoms with Crippen LogP contribution in [0, 0.1) is 0 Å². The monoisotopic (exact) mass is 466 g/mol. The number of rotatable bonds is 6. The smallest absolute Gasteiger partial charge is 0.293 e. The Bertz CT molecular complexity index is 1250. The molecule has 0 saturated carbocycles. The molecule has 5 rings (SSSR count). The minimum Gasteiger partial charge on any atom is -0.366 e. The number of carbonyl (C=O) groups is 2. The molecule has 8 heteroatoms. The van der Waals surface area contributed by atoms with Gasteiger partial charge >= 0.3 is 0 Å². The van der Waals surface area contributed by atoms with Gasteiger partial charge < -0.3 is 10.6 Å². The number of nitrogens with zero attached hydrogens (tertiary/aromatic N) is 5. The Balaban J connectivity index is 1.29. The van der Waals surface area contributed by atoms with Gasteiger partial charge in [-0.25, -0.2) is 9.67 Å². The second kappa shape index (κ2) is 9.90. The molecule has 2 heterocycles. The Morgan fingerprint density at radius 3 is 2.06 bits per heavy atom. The molecule has 0 atom stereocenters. The van der Waals surface area contributed by atoms with Gasteiger partial charge in [0.25, 0.3) is 5.91 Å². The highest BCUT2D eigenvalue weighted by Crippen LogP contribution is 2.22. The quantitative estimate of drug-likeness (QED) is 0.471. The van der Waals surface area contributed by atoms with Crippen LogP contribution in [0.25, 0.3) is 17.1 Å². The van der Waals surface area contributed by atoms with Crippen molar-refractivity contribution in [3.05, 3.63) is 102 Å². The summed E-state index contributed by atoms with van der Waals surface area (Å²) in [6.07, 6.45) is 0. The fourth-order valence-corrected chi connectivity index (χ4v) is 4.21. The minimum absolute atomic E-state index is 0.165. The lowest BCUT2D eigenvalue weighted by Crippen LogP contribution is -2.48. The molecule has 1 fully saturated rings. The maximum atomic E-state index is 13.3. The zero-order chi connectivity index (χ0) is 24.2. The Morgan fingerprint density at radius 2 is 1.43 bits per heavy atom. The van der Waals surface area contributed by atoms with E-state index in [1.54, 1.807) is 16.8 Å². The van der Waals surface area contributed by atoms with Crippen LogP contribution in [0.1, 0.15) is 26.5 Å². The van der Waals surface area contributed by atoms with Crippen molar-refractivity contribution < 1.29 is 9.59 Å². The third kappa shape index (κ3) is 4.97. The number of benzene rings is 3. The molecule has 1 aromatic heterocycles. The second-order valence-electron chi connectivity index (χ2n) is 8.50. The van der Waals surface area contributed by atoms with Crippen molar-refractivity contribution in [1.29, 1.82) is 0 Å². The average Bonchev–Trinajstić information content (AvgIpc) is 3.36. The van der Waals surface area contributed by atoms with Crippen LogP contribution in [0.4, 0.5) is 0 Å². The molecule has 1 saturated heterocycles. The number of hydrogen-bond acceptors (Lipinski definition) is 5. The summed E-state index contributed by atoms with van der Waals surface area (Å²) in [6, 6.07) is 26.8. The van der Waals surface area contributed by atoms with Crippen molar-refractivity contribution in [3.8, 4) is 17.1 Å². The zero-order valence-corrected chi connectivity index (χ0v) is 19.2. The van der Waals surface area contributed by atoms with Gasteiger partial charge in [0.1, 0.15) is 0 Å². The van der Waals surface area contributed by atoms with Gasteiger partial charge in [-0.1, -0.05) is 60.7 Å². The van der Waals surface area contributed by atoms with Crippen molar-refractivity contribution in [3.63, 3.8) is 0 Å². The summed E-state index contributed by atoms with van der Waals surface area (Å²) in [5, 5.41) is 4.60. The first-order chi connectivity index (χ1) is 17.1. The van der Waals surface area contributed by atoms with Crippen LogP contribution in [0.5, 0.6) is 0 Å². The molecule has 0 radical (unpaired) electrons. The summed E-state index contributed by atoms with van der Waals surface area (Å²) in [5.74, 6) is 0.242. The third-order valence-electron chi connectivity index (χ3n) is 6.14. The van der Waals surface area contributed by atoms with E-state index in [0.29, 0.717) is 24.5 Å². The first-order valence-corrected chi connectivity index (χ1v) is 11.6. The number of aromatic nitrogens is 3. The fourth-order valence-electron chi connectivity index (χ4n) is 4.21. The minimum atomic E-state index is -0.428. The van der Waals surface area contributed by atoms with Gasteiger partial charge in [0.2, 0.25) is 11.7 Å². The van der Waals surface area contributed by atoms with Crippen molar-refractivity contribution in [2.45, 2.75) is 6.54 Å². The van der Waals surface area contributed by atoms with Crippen LogP contribution in [-0.4, -0.2) is 62.6 Å². The Labute approximate surface area is 203 Å². The second-order valence-corrected chi connectivity index (χ2v) is 8.50. The Hall–Kier alpha value is -4.30. The SMILES string of the molecule is NC(=O)c1ccc(CN2CCN(C(=O)c3nc(-c4ccccc4)n(-c4ccccc4)n3)CC2)cc1. The highest BCUT2D eigenvalue weighted by Gasteiger charge is 2.26. The summed E-state index contributed by atoms with van der Waals surface area (Å²) in [6.45, 7) is 3.43. The number of piperazine rings is 1. The lowest BCUT2D eigenvalue weighted by atomic mass is 10.1. The number of amides is 2. The molecule has 0 spiro atoms. The van der Waals surface area contributed by atoms with E-state index < -0.39 is 5.91 Å². The van der Waals surface area contributed by atoms with Crippen molar-refractivity contribution in [2.75, 3.05) is 26.2 Å². The van der Waals surface area contributed by atoms with E-state index in [4.69, 9.17) is 5.73 Å². The summed E-state index contributed by atoms with van der Waals surface area (Å²) in [4.78, 5) is 33.3. The molecule has 2 N–H and O–H groups in total. The van der Waals surface area contributed by atoms with Crippen molar-refractivity contribution in [2.24, 2.45) is 5.73 Å². The summed E-state index contributed by atoms with van der Waals surface area (Å²) in [5.41, 5.74) is 8.67. The molecule has 4 aromatic rings. The van der Waals surface area contributed by atoms with E-state index in [0.717, 1.165) is 36.4 Å². The maximum absolute atomic E-state index is 13.3. The van der Waals surface area contributed by atoms with Gasteiger partial charge in [0, 0.05) is 43.9 Å². The first kappa shape index (κ1) is 22.5. The molecule has 2 amide bonds. The number of para-hydroxylation sites is 1.